The number of thiazole rings is 1. The number of β-amino-alcohol motifs (C(OH)–C–C–N with tert-alkyl or cyclic N) is 1. The molecule has 3 N–H and O–H groups in total. The molecule has 0 bridgehead atoms. The standard InChI is InChI=1S/C54H67ClN10O5S/c1-32(2)45(50(69)65-30-40(66)25-43(65)49(68)60-33(3)35-12-14-36(15-13-35)46-34(4)59-31-71-46)47-58-29-39(62(47)9)11-10-20-63-21-23-64(24-22-63)44-19-17-38(28-57-44)48(67)61-51-53(5,6)52(54(51,7)8)70-41-18-16-37(27-56)42(55)26-41/h12-19,26,28-29,31-33,40,43,45,51-52,66H,10-11,20-25,30H2,1-9H3,(H,60,68)(H,61,67)/t33-,40+,43-,45+,51-,52-/m0/s1. The number of pyridine rings is 1. The number of halogens is 1. The van der Waals surface area contributed by atoms with E-state index in [1.807, 2.05) is 87.4 Å². The lowest BCUT2D eigenvalue weighted by Crippen LogP contribution is -2.74. The van der Waals surface area contributed by atoms with Gasteiger partial charge in [0.1, 0.15) is 35.6 Å². The summed E-state index contributed by atoms with van der Waals surface area (Å²) in [5, 5.41) is 26.8. The smallest absolute Gasteiger partial charge is 0.253 e. The minimum Gasteiger partial charge on any atom is -0.489 e. The highest BCUT2D eigenvalue weighted by atomic mass is 35.5. The number of carbonyl (C=O) groups excluding carboxylic acids is 3. The van der Waals surface area contributed by atoms with Gasteiger partial charge in [0, 0.05) is 87.2 Å². The fourth-order valence-electron chi connectivity index (χ4n) is 11.3. The van der Waals surface area contributed by atoms with Gasteiger partial charge in [-0.1, -0.05) is 77.4 Å². The molecule has 2 aromatic carbocycles. The zero-order valence-corrected chi connectivity index (χ0v) is 43.9. The minimum atomic E-state index is -0.798. The summed E-state index contributed by atoms with van der Waals surface area (Å²) < 4.78 is 8.43. The highest BCUT2D eigenvalue weighted by Gasteiger charge is 2.64. The third-order valence-electron chi connectivity index (χ3n) is 15.0. The number of carbonyl (C=O) groups is 3. The summed E-state index contributed by atoms with van der Waals surface area (Å²) in [4.78, 5) is 63.1. The molecule has 5 heterocycles. The largest absolute Gasteiger partial charge is 0.489 e. The van der Waals surface area contributed by atoms with Crippen molar-refractivity contribution in [3.63, 3.8) is 0 Å². The third-order valence-corrected chi connectivity index (χ3v) is 16.3. The first-order valence-corrected chi connectivity index (χ1v) is 25.9. The van der Waals surface area contributed by atoms with E-state index in [1.54, 1.807) is 40.6 Å². The first-order valence-electron chi connectivity index (χ1n) is 24.7. The van der Waals surface area contributed by atoms with Crippen LogP contribution in [0, 0.1) is 35.0 Å². The van der Waals surface area contributed by atoms with Crippen molar-refractivity contribution in [3.8, 4) is 22.3 Å². The van der Waals surface area contributed by atoms with Crippen molar-refractivity contribution in [1.82, 2.24) is 40.0 Å². The molecule has 17 heteroatoms. The van der Waals surface area contributed by atoms with Gasteiger partial charge >= 0.3 is 0 Å². The molecule has 1 saturated carbocycles. The summed E-state index contributed by atoms with van der Waals surface area (Å²) in [5.41, 5.74) is 6.01. The number of piperazine rings is 1. The van der Waals surface area contributed by atoms with E-state index in [0.29, 0.717) is 27.7 Å². The van der Waals surface area contributed by atoms with Crippen LogP contribution >= 0.6 is 22.9 Å². The molecule has 2 aliphatic heterocycles. The Balaban J connectivity index is 0.799. The minimum absolute atomic E-state index is 0.0937. The Hall–Kier alpha value is -5.86. The number of ether oxygens (including phenoxy) is 1. The van der Waals surface area contributed by atoms with Crippen molar-refractivity contribution in [1.29, 1.82) is 5.26 Å². The molecule has 4 atom stereocenters. The van der Waals surface area contributed by atoms with E-state index in [1.165, 1.54) is 0 Å². The predicted molar refractivity (Wildman–Crippen MR) is 276 cm³/mol. The molecule has 2 saturated heterocycles. The summed E-state index contributed by atoms with van der Waals surface area (Å²) >= 11 is 7.87. The summed E-state index contributed by atoms with van der Waals surface area (Å²) in [6, 6.07) is 17.7. The topological polar surface area (TPSA) is 182 Å². The van der Waals surface area contributed by atoms with E-state index in [0.717, 1.165) is 78.8 Å². The second-order valence-corrected chi connectivity index (χ2v) is 22.3. The van der Waals surface area contributed by atoms with Gasteiger partial charge in [0.25, 0.3) is 5.91 Å². The van der Waals surface area contributed by atoms with E-state index in [9.17, 15) is 24.8 Å². The van der Waals surface area contributed by atoms with E-state index in [2.05, 4.69) is 59.2 Å². The number of aliphatic hydroxyl groups excluding tert-OH is 1. The van der Waals surface area contributed by atoms with E-state index in [4.69, 9.17) is 26.3 Å². The Morgan fingerprint density at radius 2 is 1.69 bits per heavy atom. The van der Waals surface area contributed by atoms with E-state index in [-0.39, 0.29) is 65.6 Å². The van der Waals surface area contributed by atoms with Crippen LogP contribution in [0.1, 0.15) is 112 Å². The van der Waals surface area contributed by atoms with Gasteiger partial charge in [0.2, 0.25) is 11.8 Å². The molecule has 3 aromatic heterocycles. The second kappa shape index (κ2) is 21.1. The SMILES string of the molecule is Cc1ncsc1-c1ccc([C@H](C)NC(=O)[C@@H]2C[C@@H](O)CN2C(=O)[C@@H](c2ncc(CCCN3CCN(c4ccc(C(=O)N[C@H]5C(C)(C)[C@H](Oc6ccc(C#N)c(Cl)c6)C5(C)C)cn4)CC3)n2C)C(C)C)cc1. The number of nitrogens with zero attached hydrogens (tertiary/aromatic N) is 8. The van der Waals surface area contributed by atoms with Crippen molar-refractivity contribution >= 4 is 46.5 Å². The molecule has 1 aliphatic carbocycles. The van der Waals surface area contributed by atoms with Gasteiger partial charge in [-0.15, -0.1) is 11.3 Å². The number of hydrogen-bond acceptors (Lipinski definition) is 12. The number of rotatable bonds is 16. The molecule has 8 rings (SSSR count). The summed E-state index contributed by atoms with van der Waals surface area (Å²) in [7, 11) is 1.96. The highest BCUT2D eigenvalue weighted by molar-refractivity contribution is 7.13. The molecule has 0 radical (unpaired) electrons. The molecular formula is C54H67ClN10O5S. The van der Waals surface area contributed by atoms with Crippen molar-refractivity contribution in [2.45, 2.75) is 111 Å². The first-order chi connectivity index (χ1) is 33.8. The monoisotopic (exact) mass is 1000 g/mol. The first kappa shape index (κ1) is 51.5. The Bertz CT molecular complexity index is 2740. The summed E-state index contributed by atoms with van der Waals surface area (Å²) in [5.74, 6) is 0.743. The molecule has 3 amide bonds. The number of imidazole rings is 1. The van der Waals surface area contributed by atoms with Crippen LogP contribution in [0.2, 0.25) is 5.02 Å². The quantitative estimate of drug-likeness (QED) is 0.0881. The predicted octanol–water partition coefficient (Wildman–Crippen LogP) is 7.72. The number of aryl methyl sites for hydroxylation is 2. The number of amides is 3. The van der Waals surface area contributed by atoms with Crippen LogP contribution in [0.5, 0.6) is 5.75 Å². The van der Waals surface area contributed by atoms with Crippen molar-refractivity contribution in [3.05, 3.63) is 111 Å². The lowest BCUT2D eigenvalue weighted by Gasteiger charge is -2.63. The molecule has 15 nitrogen and oxygen atoms in total. The van der Waals surface area contributed by atoms with Gasteiger partial charge in [0.05, 0.1) is 50.3 Å². The van der Waals surface area contributed by atoms with Crippen molar-refractivity contribution in [2.24, 2.45) is 23.8 Å². The number of nitrogens with one attached hydrogen (secondary N) is 2. The number of benzene rings is 2. The fraction of sp³-hybridized carbons (Fsp3) is 0.500. The maximum atomic E-state index is 14.4. The molecule has 0 spiro atoms. The molecule has 3 aliphatic rings. The van der Waals surface area contributed by atoms with Gasteiger partial charge < -0.3 is 34.8 Å². The van der Waals surface area contributed by atoms with Crippen LogP contribution in [-0.4, -0.2) is 116 Å². The molecule has 0 unspecified atom stereocenters. The second-order valence-electron chi connectivity index (χ2n) is 21.0. The fourth-order valence-corrected chi connectivity index (χ4v) is 12.3. The van der Waals surface area contributed by atoms with Crippen LogP contribution in [0.15, 0.2) is 72.5 Å². The Kier molecular flexibility index (Phi) is 15.3. The number of anilines is 1. The number of hydrogen-bond donors (Lipinski definition) is 3. The van der Waals surface area contributed by atoms with Crippen molar-refractivity contribution in [2.75, 3.05) is 44.2 Å². The van der Waals surface area contributed by atoms with Crippen LogP contribution in [0.25, 0.3) is 10.4 Å². The summed E-state index contributed by atoms with van der Waals surface area (Å²) in [6.07, 6.45) is 4.40. The molecule has 376 valence electrons. The van der Waals surface area contributed by atoms with E-state index >= 15 is 0 Å². The molecular weight excluding hydrogens is 936 g/mol. The van der Waals surface area contributed by atoms with E-state index < -0.39 is 18.1 Å². The maximum Gasteiger partial charge on any atom is 0.253 e. The Morgan fingerprint density at radius 3 is 2.31 bits per heavy atom. The van der Waals surface area contributed by atoms with Gasteiger partial charge in [-0.05, 0) is 74.5 Å². The zero-order valence-electron chi connectivity index (χ0n) is 42.3. The van der Waals surface area contributed by atoms with Crippen LogP contribution in [-0.2, 0) is 23.1 Å². The number of aliphatic hydroxyl groups is 1. The van der Waals surface area contributed by atoms with Gasteiger partial charge in [-0.3, -0.25) is 19.3 Å². The van der Waals surface area contributed by atoms with Crippen LogP contribution in [0.3, 0.4) is 0 Å². The molecule has 71 heavy (non-hydrogen) atoms. The highest BCUT2D eigenvalue weighted by Crippen LogP contribution is 2.55. The van der Waals surface area contributed by atoms with Gasteiger partial charge in [0.15, 0.2) is 0 Å². The van der Waals surface area contributed by atoms with Crippen LogP contribution < -0.4 is 20.3 Å². The number of likely N-dealkylation sites (tertiary alicyclic amines) is 1. The maximum absolute atomic E-state index is 14.4. The Labute approximate surface area is 426 Å². The van der Waals surface area contributed by atoms with Gasteiger partial charge in [-0.25, -0.2) is 15.0 Å². The van der Waals surface area contributed by atoms with Crippen LogP contribution in [0.4, 0.5) is 5.82 Å². The lowest BCUT2D eigenvalue weighted by atomic mass is 9.49. The van der Waals surface area contributed by atoms with Crippen molar-refractivity contribution < 1.29 is 24.2 Å². The Morgan fingerprint density at radius 1 is 0.972 bits per heavy atom. The average Bonchev–Trinajstić information content (AvgIpc) is 4.07. The third kappa shape index (κ3) is 10.7. The average molecular weight is 1000 g/mol. The molecule has 5 aromatic rings. The lowest BCUT2D eigenvalue weighted by molar-refractivity contribution is -0.164. The normalized spacial score (nSPS) is 21.6. The number of nitriles is 1. The zero-order chi connectivity index (χ0) is 50.9. The number of aromatic nitrogens is 4. The summed E-state index contributed by atoms with van der Waals surface area (Å²) in [6.45, 7) is 20.6. The van der Waals surface area contributed by atoms with Gasteiger partial charge in [-0.2, -0.15) is 5.26 Å². The molecule has 3 fully saturated rings.